The van der Waals surface area contributed by atoms with Gasteiger partial charge in [-0.3, -0.25) is 0 Å². The lowest BCUT2D eigenvalue weighted by molar-refractivity contribution is 0.563. The number of rotatable bonds is 0. The molecule has 0 amide bonds. The lowest BCUT2D eigenvalue weighted by Crippen LogP contribution is -1.86. The molecule has 0 saturated heterocycles. The van der Waals surface area contributed by atoms with Gasteiger partial charge in [0.25, 0.3) is 0 Å². The van der Waals surface area contributed by atoms with Crippen LogP contribution in [0, 0.1) is 0 Å². The van der Waals surface area contributed by atoms with Crippen molar-refractivity contribution in [3.05, 3.63) is 53.8 Å². The minimum atomic E-state index is -0.0967. The molecule has 1 heterocycles. The van der Waals surface area contributed by atoms with Gasteiger partial charge in [0.2, 0.25) is 0 Å². The smallest absolute Gasteiger partial charge is 0.135 e. The Balaban J connectivity index is 2.17. The first kappa shape index (κ1) is 9.11. The molecule has 1 aliphatic rings. The summed E-state index contributed by atoms with van der Waals surface area (Å²) in [7, 11) is 5.96. The number of benzene rings is 2. The third-order valence-electron chi connectivity index (χ3n) is 3.40. The van der Waals surface area contributed by atoms with Gasteiger partial charge in [-0.15, -0.1) is 0 Å². The van der Waals surface area contributed by atoms with E-state index in [0.717, 1.165) is 22.3 Å². The lowest BCUT2D eigenvalue weighted by Gasteiger charge is -1.97. The van der Waals surface area contributed by atoms with Crippen LogP contribution in [0.4, 0.5) is 0 Å². The summed E-state index contributed by atoms with van der Waals surface area (Å²) in [6.45, 7) is 0. The Kier molecular flexibility index (Phi) is 1.63. The minimum Gasteiger partial charge on any atom is -0.461 e. The van der Waals surface area contributed by atoms with Crippen LogP contribution >= 0.6 is 0 Å². The normalized spacial score (nSPS) is 18.0. The van der Waals surface area contributed by atoms with E-state index in [4.69, 9.17) is 12.3 Å². The molecule has 0 saturated carbocycles. The number of allylic oxidation sites excluding steroid dienone is 1. The highest BCUT2D eigenvalue weighted by Crippen LogP contribution is 2.37. The summed E-state index contributed by atoms with van der Waals surface area (Å²) >= 11 is 0. The molecule has 1 atom stereocenters. The van der Waals surface area contributed by atoms with E-state index in [2.05, 4.69) is 36.4 Å². The van der Waals surface area contributed by atoms with Gasteiger partial charge in [-0.05, 0) is 28.7 Å². The van der Waals surface area contributed by atoms with E-state index in [1.54, 1.807) is 0 Å². The van der Waals surface area contributed by atoms with Crippen molar-refractivity contribution in [2.75, 3.05) is 0 Å². The van der Waals surface area contributed by atoms with Crippen LogP contribution in [0.15, 0.2) is 46.9 Å². The van der Waals surface area contributed by atoms with E-state index in [1.165, 1.54) is 10.8 Å². The number of hydrogen-bond donors (Lipinski definition) is 0. The first-order valence-corrected chi connectivity index (χ1v) is 5.72. The second kappa shape index (κ2) is 3.04. The maximum Gasteiger partial charge on any atom is 0.135 e. The molecule has 2 heteroatoms. The topological polar surface area (TPSA) is 13.1 Å². The van der Waals surface area contributed by atoms with Gasteiger partial charge in [-0.25, -0.2) is 0 Å². The molecule has 0 bridgehead atoms. The Morgan fingerprint density at radius 3 is 2.65 bits per heavy atom. The molecular formula is C15H9BO. The lowest BCUT2D eigenvalue weighted by atomic mass is 9.87. The molecule has 0 fully saturated rings. The Hall–Kier alpha value is -1.96. The third-order valence-corrected chi connectivity index (χ3v) is 3.40. The van der Waals surface area contributed by atoms with Crippen LogP contribution in [0.3, 0.4) is 0 Å². The molecule has 1 aliphatic carbocycles. The first-order chi connectivity index (χ1) is 8.33. The Bertz CT molecular complexity index is 767. The van der Waals surface area contributed by atoms with Crippen molar-refractivity contribution in [1.82, 2.24) is 0 Å². The van der Waals surface area contributed by atoms with Crippen LogP contribution in [0.25, 0.3) is 27.8 Å². The molecular weight excluding hydrogens is 207 g/mol. The summed E-state index contributed by atoms with van der Waals surface area (Å²) in [4.78, 5) is 0. The predicted molar refractivity (Wildman–Crippen MR) is 71.2 cm³/mol. The van der Waals surface area contributed by atoms with Gasteiger partial charge in [0.05, 0.1) is 7.85 Å². The van der Waals surface area contributed by atoms with Crippen LogP contribution < -0.4 is 0 Å². The predicted octanol–water partition coefficient (Wildman–Crippen LogP) is 3.82. The molecule has 1 aromatic heterocycles. The van der Waals surface area contributed by atoms with E-state index in [0.29, 0.717) is 0 Å². The van der Waals surface area contributed by atoms with E-state index in [-0.39, 0.29) is 5.82 Å². The Morgan fingerprint density at radius 2 is 1.82 bits per heavy atom. The first-order valence-electron chi connectivity index (χ1n) is 5.72. The fourth-order valence-electron chi connectivity index (χ4n) is 2.53. The fourth-order valence-corrected chi connectivity index (χ4v) is 2.53. The van der Waals surface area contributed by atoms with Crippen molar-refractivity contribution >= 4 is 35.7 Å². The SMILES string of the molecule is [B][C@H]1C=Cc2c1oc1cc3ccccc3cc21. The van der Waals surface area contributed by atoms with Gasteiger partial charge in [0, 0.05) is 10.9 Å². The standard InChI is InChI=1S/C15H9BO/c16-13-6-5-11-12-7-9-3-1-2-4-10(9)8-14(12)17-15(11)13/h1-8,13H/t13-/m0/s1. The van der Waals surface area contributed by atoms with Crippen LogP contribution in [-0.4, -0.2) is 7.85 Å². The second-order valence-electron chi connectivity index (χ2n) is 4.46. The second-order valence-corrected chi connectivity index (χ2v) is 4.46. The van der Waals surface area contributed by atoms with Crippen molar-refractivity contribution in [1.29, 1.82) is 0 Å². The van der Waals surface area contributed by atoms with Gasteiger partial charge in [-0.2, -0.15) is 0 Å². The van der Waals surface area contributed by atoms with E-state index < -0.39 is 0 Å². The van der Waals surface area contributed by atoms with E-state index in [1.807, 2.05) is 12.1 Å². The minimum absolute atomic E-state index is 0.0967. The van der Waals surface area contributed by atoms with Gasteiger partial charge >= 0.3 is 0 Å². The Labute approximate surface area is 100 Å². The molecule has 3 aromatic rings. The zero-order valence-electron chi connectivity index (χ0n) is 9.18. The maximum atomic E-state index is 5.96. The van der Waals surface area contributed by atoms with E-state index in [9.17, 15) is 0 Å². The van der Waals surface area contributed by atoms with Crippen molar-refractivity contribution in [3.8, 4) is 0 Å². The number of hydrogen-bond acceptors (Lipinski definition) is 1. The highest BCUT2D eigenvalue weighted by Gasteiger charge is 2.20. The van der Waals surface area contributed by atoms with Crippen LogP contribution in [0.1, 0.15) is 17.1 Å². The summed E-state index contributed by atoms with van der Waals surface area (Å²) in [6.07, 6.45) is 4.03. The largest absolute Gasteiger partial charge is 0.461 e. The molecule has 0 N–H and O–H groups in total. The van der Waals surface area contributed by atoms with Crippen LogP contribution in [0.5, 0.6) is 0 Å². The van der Waals surface area contributed by atoms with Gasteiger partial charge in [-0.1, -0.05) is 36.4 Å². The number of furan rings is 1. The molecule has 2 aromatic carbocycles. The molecule has 78 valence electrons. The number of fused-ring (bicyclic) bond motifs is 4. The summed E-state index contributed by atoms with van der Waals surface area (Å²) < 4.78 is 5.84. The fraction of sp³-hybridized carbons (Fsp3) is 0.0667. The van der Waals surface area contributed by atoms with Gasteiger partial charge in [0.15, 0.2) is 0 Å². The average molecular weight is 216 g/mol. The third kappa shape index (κ3) is 1.15. The monoisotopic (exact) mass is 216 g/mol. The van der Waals surface area contributed by atoms with Crippen molar-refractivity contribution in [2.24, 2.45) is 0 Å². The molecule has 0 spiro atoms. The van der Waals surface area contributed by atoms with Crippen molar-refractivity contribution < 1.29 is 4.42 Å². The molecule has 4 rings (SSSR count). The van der Waals surface area contributed by atoms with Crippen molar-refractivity contribution in [2.45, 2.75) is 5.82 Å². The molecule has 1 nitrogen and oxygen atoms in total. The van der Waals surface area contributed by atoms with Crippen molar-refractivity contribution in [3.63, 3.8) is 0 Å². The Morgan fingerprint density at radius 1 is 1.06 bits per heavy atom. The van der Waals surface area contributed by atoms with Gasteiger partial charge in [0.1, 0.15) is 11.3 Å². The summed E-state index contributed by atoms with van der Waals surface area (Å²) in [5.41, 5.74) is 2.06. The van der Waals surface area contributed by atoms with Crippen LogP contribution in [0.2, 0.25) is 0 Å². The summed E-state index contributed by atoms with van der Waals surface area (Å²) in [6, 6.07) is 12.6. The maximum absolute atomic E-state index is 5.96. The molecule has 0 aliphatic heterocycles. The zero-order chi connectivity index (χ0) is 11.4. The average Bonchev–Trinajstić information content (AvgIpc) is 2.87. The van der Waals surface area contributed by atoms with Crippen LogP contribution in [-0.2, 0) is 0 Å². The highest BCUT2D eigenvalue weighted by molar-refractivity contribution is 6.16. The summed E-state index contributed by atoms with van der Waals surface area (Å²) in [5.74, 6) is 0.788. The van der Waals surface area contributed by atoms with E-state index >= 15 is 0 Å². The quantitative estimate of drug-likeness (QED) is 0.520. The molecule has 0 unspecified atom stereocenters. The summed E-state index contributed by atoms with van der Waals surface area (Å²) in [5, 5.41) is 3.59. The highest BCUT2D eigenvalue weighted by atomic mass is 16.3. The van der Waals surface area contributed by atoms with Gasteiger partial charge < -0.3 is 4.42 Å². The molecule has 2 radical (unpaired) electrons. The molecule has 17 heavy (non-hydrogen) atoms. The zero-order valence-corrected chi connectivity index (χ0v) is 9.18.